The number of amides is 2. The van der Waals surface area contributed by atoms with E-state index in [2.05, 4.69) is 44.7 Å². The van der Waals surface area contributed by atoms with Crippen LogP contribution in [0.4, 0.5) is 47.6 Å². The number of alkyl halides is 6. The number of ether oxygens (including phenoxy) is 2. The quantitative estimate of drug-likeness (QED) is 0.105. The van der Waals surface area contributed by atoms with Crippen LogP contribution in [0.15, 0.2) is 69.9 Å². The lowest BCUT2D eigenvalue weighted by Gasteiger charge is -2.36. The lowest BCUT2D eigenvalue weighted by molar-refractivity contribution is -0.138. The number of benzene rings is 2. The Balaban J connectivity index is 0.000000204. The average Bonchev–Trinajstić information content (AvgIpc) is 3.99. The summed E-state index contributed by atoms with van der Waals surface area (Å²) in [5.41, 5.74) is 4.31. The molecule has 2 aliphatic carbocycles. The van der Waals surface area contributed by atoms with Crippen molar-refractivity contribution < 1.29 is 49.9 Å². The van der Waals surface area contributed by atoms with Crippen molar-refractivity contribution in [1.82, 2.24) is 24.9 Å². The van der Waals surface area contributed by atoms with Crippen LogP contribution in [0.5, 0.6) is 0 Å². The van der Waals surface area contributed by atoms with Gasteiger partial charge in [-0.15, -0.1) is 0 Å². The summed E-state index contributed by atoms with van der Waals surface area (Å²) in [6.45, 7) is 16.8. The van der Waals surface area contributed by atoms with Gasteiger partial charge < -0.3 is 23.8 Å². The van der Waals surface area contributed by atoms with Crippen LogP contribution in [0.1, 0.15) is 160 Å². The first-order valence-electron chi connectivity index (χ1n) is 26.5. The molecule has 2 amide bonds. The molecular weight excluding hydrogens is 1060 g/mol. The Bertz CT molecular complexity index is 2850. The maximum atomic E-state index is 13.6. The predicted molar refractivity (Wildman–Crippen MR) is 282 cm³/mol. The minimum Gasteiger partial charge on any atom is -0.439 e. The van der Waals surface area contributed by atoms with E-state index in [1.807, 2.05) is 46.0 Å². The maximum Gasteiger partial charge on any atom is 0.416 e. The summed E-state index contributed by atoms with van der Waals surface area (Å²) in [5.74, 6) is 2.34. The van der Waals surface area contributed by atoms with E-state index in [0.29, 0.717) is 40.1 Å². The fraction of sp³-hybridized carbons (Fsp3) is 0.526. The molecule has 410 valence electrons. The second-order valence-electron chi connectivity index (χ2n) is 20.8. The summed E-state index contributed by atoms with van der Waals surface area (Å²) in [7, 11) is 0. The van der Waals surface area contributed by atoms with Gasteiger partial charge in [-0.3, -0.25) is 9.80 Å². The highest BCUT2D eigenvalue weighted by Crippen LogP contribution is 2.42. The number of anilines is 2. The standard InChI is InChI=1S/C31H37F3N4O3.C26H31BrF3N3O2/c1-6-37(26-10-8-7-9-11-26)29-24(14-23(16-35-29)27-19(3)36-41-21(27)5)17-38-20(4)28(40-30(38)39)22-12-18(2)13-25(15-22)31(32,33)34;1-4-32(22-8-6-5-7-9-22)24-19(13-21(27)14-31-24)15-33-17(3)23(35-25(33)34)18-10-16(2)11-20(12-18)26(28,29)30/h12-16,20,26,28H,6-11,17H2,1-5H3;10-14,17,22-23H,4-9,15H2,1-3H3/t20-,28-;17-,23-/m00/s1. The van der Waals surface area contributed by atoms with Gasteiger partial charge in [0, 0.05) is 64.3 Å². The number of carbonyl (C=O) groups is 2. The second-order valence-corrected chi connectivity index (χ2v) is 21.7. The predicted octanol–water partition coefficient (Wildman–Crippen LogP) is 15.3. The minimum atomic E-state index is -4.49. The molecule has 19 heteroatoms. The number of hydrogen-bond donors (Lipinski definition) is 0. The monoisotopic (exact) mass is 1120 g/mol. The zero-order chi connectivity index (χ0) is 54.8. The third-order valence-electron chi connectivity index (χ3n) is 15.4. The molecule has 0 bridgehead atoms. The highest BCUT2D eigenvalue weighted by Gasteiger charge is 2.44. The first-order valence-corrected chi connectivity index (χ1v) is 27.3. The van der Waals surface area contributed by atoms with Crippen molar-refractivity contribution in [3.63, 3.8) is 0 Å². The normalized spacial score (nSPS) is 20.6. The molecule has 2 aliphatic heterocycles. The molecule has 12 nitrogen and oxygen atoms in total. The number of nitrogens with zero attached hydrogens (tertiary/aromatic N) is 7. The summed E-state index contributed by atoms with van der Waals surface area (Å²) in [6, 6.07) is 11.5. The molecule has 2 saturated carbocycles. The molecule has 3 aromatic heterocycles. The summed E-state index contributed by atoms with van der Waals surface area (Å²) in [5, 5.41) is 4.09. The number of halogens is 7. The number of aromatic nitrogens is 3. The lowest BCUT2D eigenvalue weighted by Crippen LogP contribution is -2.39. The third kappa shape index (κ3) is 12.4. The molecule has 2 saturated heterocycles. The van der Waals surface area contributed by atoms with Gasteiger partial charge in [0.1, 0.15) is 29.6 Å². The van der Waals surface area contributed by atoms with Gasteiger partial charge in [-0.2, -0.15) is 26.3 Å². The van der Waals surface area contributed by atoms with Crippen molar-refractivity contribution in [2.24, 2.45) is 0 Å². The van der Waals surface area contributed by atoms with Crippen molar-refractivity contribution in [3.8, 4) is 11.1 Å². The van der Waals surface area contributed by atoms with Gasteiger partial charge in [0.25, 0.3) is 0 Å². The fourth-order valence-electron chi connectivity index (χ4n) is 11.7. The molecule has 9 rings (SSSR count). The molecule has 2 aromatic carbocycles. The van der Waals surface area contributed by atoms with E-state index >= 15 is 0 Å². The van der Waals surface area contributed by atoms with Gasteiger partial charge in [0.15, 0.2) is 0 Å². The fourth-order valence-corrected chi connectivity index (χ4v) is 12.1. The van der Waals surface area contributed by atoms with Gasteiger partial charge >= 0.3 is 24.5 Å². The van der Waals surface area contributed by atoms with Crippen LogP contribution < -0.4 is 9.80 Å². The van der Waals surface area contributed by atoms with E-state index < -0.39 is 60.0 Å². The number of aryl methyl sites for hydroxylation is 4. The van der Waals surface area contributed by atoms with Crippen LogP contribution in [0.3, 0.4) is 0 Å². The van der Waals surface area contributed by atoms with Gasteiger partial charge in [-0.1, -0.05) is 66.9 Å². The van der Waals surface area contributed by atoms with Gasteiger partial charge in [-0.25, -0.2) is 19.6 Å². The molecule has 0 unspecified atom stereocenters. The molecule has 5 aromatic rings. The van der Waals surface area contributed by atoms with Crippen molar-refractivity contribution in [2.45, 2.75) is 181 Å². The lowest BCUT2D eigenvalue weighted by atomic mass is 9.93. The number of hydrogen-bond acceptors (Lipinski definition) is 10. The van der Waals surface area contributed by atoms with E-state index in [1.54, 1.807) is 42.0 Å². The van der Waals surface area contributed by atoms with Crippen LogP contribution in [0.25, 0.3) is 11.1 Å². The number of carbonyl (C=O) groups excluding carboxylic acids is 2. The van der Waals surface area contributed by atoms with Crippen molar-refractivity contribution in [3.05, 3.63) is 121 Å². The molecule has 4 aliphatic rings. The first-order chi connectivity index (χ1) is 36.1. The molecule has 5 heterocycles. The number of cyclic esters (lactones) is 2. The Morgan fingerprint density at radius 2 is 1.05 bits per heavy atom. The average molecular weight is 1130 g/mol. The zero-order valence-corrected chi connectivity index (χ0v) is 46.0. The van der Waals surface area contributed by atoms with E-state index in [0.717, 1.165) is 107 Å². The summed E-state index contributed by atoms with van der Waals surface area (Å²) < 4.78 is 98.3. The zero-order valence-electron chi connectivity index (χ0n) is 44.5. The van der Waals surface area contributed by atoms with Crippen LogP contribution >= 0.6 is 15.9 Å². The molecule has 0 radical (unpaired) electrons. The SMILES string of the molecule is CCN(c1ncc(-c2c(C)noc2C)cc1CN1C(=O)O[C@H](c2cc(C)cc(C(F)(F)F)c2)[C@@H]1C)C1CCCCC1.CCN(c1ncc(Br)cc1CN1C(=O)O[C@H](c2cc(C)cc(C(F)(F)F)c2)[C@@H]1C)C1CCCCC1. The Morgan fingerprint density at radius 3 is 1.46 bits per heavy atom. The smallest absolute Gasteiger partial charge is 0.416 e. The van der Waals surface area contributed by atoms with E-state index in [-0.39, 0.29) is 13.1 Å². The molecular formula is C57H68BrF6N7O5. The Morgan fingerprint density at radius 1 is 0.618 bits per heavy atom. The largest absolute Gasteiger partial charge is 0.439 e. The molecule has 76 heavy (non-hydrogen) atoms. The highest BCUT2D eigenvalue weighted by atomic mass is 79.9. The number of rotatable bonds is 13. The Labute approximate surface area is 449 Å². The van der Waals surface area contributed by atoms with Gasteiger partial charge in [-0.05, 0) is 145 Å². The Hall–Kier alpha value is -5.85. The summed E-state index contributed by atoms with van der Waals surface area (Å²) >= 11 is 3.50. The third-order valence-corrected chi connectivity index (χ3v) is 15.8. The van der Waals surface area contributed by atoms with Crippen LogP contribution in [-0.4, -0.2) is 74.4 Å². The van der Waals surface area contributed by atoms with E-state index in [4.69, 9.17) is 24.0 Å². The van der Waals surface area contributed by atoms with E-state index in [9.17, 15) is 35.9 Å². The Kier molecular flexibility index (Phi) is 17.4. The van der Waals surface area contributed by atoms with Crippen LogP contribution in [-0.2, 0) is 34.9 Å². The van der Waals surface area contributed by atoms with Crippen molar-refractivity contribution in [2.75, 3.05) is 22.9 Å². The topological polar surface area (TPSA) is 117 Å². The minimum absolute atomic E-state index is 0.206. The van der Waals surface area contributed by atoms with Gasteiger partial charge in [0.2, 0.25) is 0 Å². The molecule has 0 N–H and O–H groups in total. The van der Waals surface area contributed by atoms with E-state index in [1.165, 1.54) is 38.5 Å². The van der Waals surface area contributed by atoms with Crippen molar-refractivity contribution in [1.29, 1.82) is 0 Å². The van der Waals surface area contributed by atoms with Gasteiger partial charge in [0.05, 0.1) is 42.0 Å². The van der Waals surface area contributed by atoms with Crippen LogP contribution in [0.2, 0.25) is 0 Å². The molecule has 4 fully saturated rings. The number of pyridine rings is 2. The molecule has 4 atom stereocenters. The first kappa shape index (κ1) is 56.4. The second kappa shape index (κ2) is 23.4. The van der Waals surface area contributed by atoms with Crippen LogP contribution in [0, 0.1) is 27.7 Å². The summed E-state index contributed by atoms with van der Waals surface area (Å²) in [6.07, 6.45) is 3.53. The molecule has 0 spiro atoms. The van der Waals surface area contributed by atoms with Crippen molar-refractivity contribution >= 4 is 39.8 Å². The maximum absolute atomic E-state index is 13.6. The highest BCUT2D eigenvalue weighted by molar-refractivity contribution is 9.10. The summed E-state index contributed by atoms with van der Waals surface area (Å²) in [4.78, 5) is 43.6.